The predicted molar refractivity (Wildman–Crippen MR) is 77.8 cm³/mol. The summed E-state index contributed by atoms with van der Waals surface area (Å²) in [5.74, 6) is -0.136. The van der Waals surface area contributed by atoms with E-state index in [1.165, 1.54) is 13.3 Å². The third-order valence-corrected chi connectivity index (χ3v) is 5.50. The number of allylic oxidation sites excluding steroid dienone is 3. The Morgan fingerprint density at radius 2 is 2.24 bits per heavy atom. The lowest BCUT2D eigenvalue weighted by atomic mass is 9.53. The Labute approximate surface area is 125 Å². The molecule has 116 valence electrons. The van der Waals surface area contributed by atoms with Crippen molar-refractivity contribution < 1.29 is 19.1 Å². The molecule has 1 fully saturated rings. The molecule has 0 aliphatic heterocycles. The summed E-state index contributed by atoms with van der Waals surface area (Å²) in [4.78, 5) is 26.2. The fraction of sp³-hybridized carbons (Fsp3) is 0.647. The van der Waals surface area contributed by atoms with Gasteiger partial charge < -0.3 is 4.79 Å². The minimum Gasteiger partial charge on any atom is -0.303 e. The van der Waals surface area contributed by atoms with E-state index in [0.29, 0.717) is 11.8 Å². The molecular formula is C17H23FO3. The molecule has 0 bridgehead atoms. The van der Waals surface area contributed by atoms with Crippen LogP contribution in [0.5, 0.6) is 0 Å². The number of hydrogen-bond acceptors (Lipinski definition) is 3. The van der Waals surface area contributed by atoms with Crippen LogP contribution in [0.2, 0.25) is 0 Å². The number of carbonyl (C=O) groups is 2. The molecule has 2 aliphatic carbocycles. The SMILES string of the molecule is C/C(=C\C1=CCC2C(C)CCCC2(C)C1C=O)C(=O)OF. The lowest BCUT2D eigenvalue weighted by Crippen LogP contribution is -2.45. The number of carbonyl (C=O) groups excluding carboxylic acids is 2. The van der Waals surface area contributed by atoms with Crippen molar-refractivity contribution in [2.75, 3.05) is 0 Å². The molecule has 1 saturated carbocycles. The van der Waals surface area contributed by atoms with Crippen LogP contribution in [0.4, 0.5) is 4.53 Å². The van der Waals surface area contributed by atoms with Crippen molar-refractivity contribution in [1.82, 2.24) is 0 Å². The smallest absolute Gasteiger partial charge is 0.303 e. The maximum atomic E-state index is 12.0. The third-order valence-electron chi connectivity index (χ3n) is 5.50. The van der Waals surface area contributed by atoms with E-state index < -0.39 is 5.97 Å². The van der Waals surface area contributed by atoms with E-state index in [0.717, 1.165) is 31.1 Å². The first-order valence-corrected chi connectivity index (χ1v) is 7.60. The largest absolute Gasteiger partial charge is 0.375 e. The standard InChI is InChI=1S/C17H23FO3/c1-11-5-4-8-17(3)14(11)7-6-13(15(17)10-19)9-12(2)16(20)21-18/h6,9-11,14-15H,4-5,7-8H2,1-3H3/b12-9+. The highest BCUT2D eigenvalue weighted by atomic mass is 19.3. The third kappa shape index (κ3) is 2.81. The summed E-state index contributed by atoms with van der Waals surface area (Å²) in [6.45, 7) is 5.93. The minimum absolute atomic E-state index is 0.0695. The van der Waals surface area contributed by atoms with E-state index in [9.17, 15) is 14.1 Å². The van der Waals surface area contributed by atoms with Crippen molar-refractivity contribution in [1.29, 1.82) is 0 Å². The molecule has 2 aliphatic rings. The molecule has 0 spiro atoms. The number of hydrogen-bond donors (Lipinski definition) is 0. The van der Waals surface area contributed by atoms with Gasteiger partial charge in [-0.05, 0) is 48.7 Å². The summed E-state index contributed by atoms with van der Waals surface area (Å²) in [5, 5.41) is 0. The molecule has 0 amide bonds. The summed E-state index contributed by atoms with van der Waals surface area (Å²) in [5.41, 5.74) is 0.933. The second kappa shape index (κ2) is 6.12. The summed E-state index contributed by atoms with van der Waals surface area (Å²) >= 11 is 0. The first-order valence-electron chi connectivity index (χ1n) is 7.60. The first kappa shape index (κ1) is 15.9. The van der Waals surface area contributed by atoms with Gasteiger partial charge in [0.15, 0.2) is 0 Å². The Balaban J connectivity index is 2.36. The van der Waals surface area contributed by atoms with Crippen LogP contribution in [0, 0.1) is 23.2 Å². The molecule has 0 aromatic heterocycles. The maximum Gasteiger partial charge on any atom is 0.375 e. The van der Waals surface area contributed by atoms with Crippen molar-refractivity contribution in [2.45, 2.75) is 46.5 Å². The van der Waals surface area contributed by atoms with Gasteiger partial charge in [-0.3, -0.25) is 0 Å². The quantitative estimate of drug-likeness (QED) is 0.585. The highest BCUT2D eigenvalue weighted by molar-refractivity contribution is 5.88. The van der Waals surface area contributed by atoms with E-state index in [2.05, 4.69) is 18.8 Å². The Hall–Kier alpha value is -1.45. The molecule has 0 radical (unpaired) electrons. The van der Waals surface area contributed by atoms with Crippen LogP contribution in [0.1, 0.15) is 46.5 Å². The van der Waals surface area contributed by atoms with Crippen LogP contribution in [-0.2, 0) is 14.5 Å². The first-order chi connectivity index (χ1) is 9.93. The molecule has 21 heavy (non-hydrogen) atoms. The lowest BCUT2D eigenvalue weighted by Gasteiger charge is -2.51. The highest BCUT2D eigenvalue weighted by Gasteiger charge is 2.48. The molecule has 4 unspecified atom stereocenters. The Bertz CT molecular complexity index is 494. The number of aldehydes is 1. The average molecular weight is 294 g/mol. The second-order valence-electron chi connectivity index (χ2n) is 6.73. The van der Waals surface area contributed by atoms with Gasteiger partial charge >= 0.3 is 5.97 Å². The molecular weight excluding hydrogens is 271 g/mol. The topological polar surface area (TPSA) is 43.4 Å². The second-order valence-corrected chi connectivity index (χ2v) is 6.73. The lowest BCUT2D eigenvalue weighted by molar-refractivity contribution is -0.178. The van der Waals surface area contributed by atoms with Crippen molar-refractivity contribution in [3.8, 4) is 0 Å². The zero-order valence-electron chi connectivity index (χ0n) is 12.9. The van der Waals surface area contributed by atoms with Gasteiger partial charge in [-0.15, -0.1) is 0 Å². The molecule has 0 heterocycles. The van der Waals surface area contributed by atoms with Crippen LogP contribution in [0.15, 0.2) is 23.3 Å². The summed E-state index contributed by atoms with van der Waals surface area (Å²) in [6, 6.07) is 0. The molecule has 3 nitrogen and oxygen atoms in total. The molecule has 0 aromatic rings. The summed E-state index contributed by atoms with van der Waals surface area (Å²) in [6.07, 6.45) is 8.87. The maximum absolute atomic E-state index is 12.0. The van der Waals surface area contributed by atoms with Crippen molar-refractivity contribution >= 4 is 12.3 Å². The van der Waals surface area contributed by atoms with Gasteiger partial charge in [0.25, 0.3) is 0 Å². The van der Waals surface area contributed by atoms with Gasteiger partial charge in [-0.2, -0.15) is 0 Å². The van der Waals surface area contributed by atoms with Gasteiger partial charge in [0.2, 0.25) is 0 Å². The fourth-order valence-electron chi connectivity index (χ4n) is 4.25. The Morgan fingerprint density at radius 1 is 1.52 bits per heavy atom. The fourth-order valence-corrected chi connectivity index (χ4v) is 4.25. The molecule has 0 N–H and O–H groups in total. The van der Waals surface area contributed by atoms with Crippen LogP contribution < -0.4 is 0 Å². The van der Waals surface area contributed by atoms with Gasteiger partial charge in [-0.1, -0.05) is 32.8 Å². The van der Waals surface area contributed by atoms with Crippen molar-refractivity contribution in [3.05, 3.63) is 23.3 Å². The summed E-state index contributed by atoms with van der Waals surface area (Å²) in [7, 11) is 0. The Morgan fingerprint density at radius 3 is 2.86 bits per heavy atom. The van der Waals surface area contributed by atoms with Crippen LogP contribution in [0.3, 0.4) is 0 Å². The molecule has 0 saturated heterocycles. The van der Waals surface area contributed by atoms with Crippen LogP contribution >= 0.6 is 0 Å². The zero-order valence-corrected chi connectivity index (χ0v) is 12.9. The van der Waals surface area contributed by atoms with E-state index in [-0.39, 0.29) is 16.9 Å². The normalized spacial score (nSPS) is 36.5. The monoisotopic (exact) mass is 294 g/mol. The van der Waals surface area contributed by atoms with E-state index in [1.54, 1.807) is 6.08 Å². The van der Waals surface area contributed by atoms with Crippen molar-refractivity contribution in [3.63, 3.8) is 0 Å². The zero-order chi connectivity index (χ0) is 15.6. The highest BCUT2D eigenvalue weighted by Crippen LogP contribution is 2.54. The van der Waals surface area contributed by atoms with Gasteiger partial charge in [0.1, 0.15) is 6.29 Å². The van der Waals surface area contributed by atoms with Gasteiger partial charge in [0.05, 0.1) is 0 Å². The van der Waals surface area contributed by atoms with Crippen LogP contribution in [-0.4, -0.2) is 12.3 Å². The van der Waals surface area contributed by atoms with E-state index in [1.807, 2.05) is 6.08 Å². The van der Waals surface area contributed by atoms with Crippen LogP contribution in [0.25, 0.3) is 0 Å². The molecule has 0 aromatic carbocycles. The molecule has 4 heteroatoms. The number of fused-ring (bicyclic) bond motifs is 1. The minimum atomic E-state index is -0.996. The average Bonchev–Trinajstić information content (AvgIpc) is 2.45. The van der Waals surface area contributed by atoms with Crippen molar-refractivity contribution in [2.24, 2.45) is 23.2 Å². The molecule has 4 atom stereocenters. The summed E-state index contributed by atoms with van der Waals surface area (Å²) < 4.78 is 12.0. The van der Waals surface area contributed by atoms with E-state index in [4.69, 9.17) is 0 Å². The van der Waals surface area contributed by atoms with Gasteiger partial charge in [-0.25, -0.2) is 9.74 Å². The Kier molecular flexibility index (Phi) is 4.64. The number of rotatable bonds is 3. The number of halogens is 1. The molecule has 2 rings (SSSR count). The van der Waals surface area contributed by atoms with E-state index >= 15 is 0 Å². The van der Waals surface area contributed by atoms with Gasteiger partial charge in [0, 0.05) is 16.0 Å². The predicted octanol–water partition coefficient (Wildman–Crippen LogP) is 3.95.